The molecule has 0 aromatic heterocycles. The highest BCUT2D eigenvalue weighted by Crippen LogP contribution is 2.29. The number of esters is 1. The van der Waals surface area contributed by atoms with Crippen molar-refractivity contribution in [3.8, 4) is 0 Å². The van der Waals surface area contributed by atoms with Gasteiger partial charge in [0.1, 0.15) is 0 Å². The largest absolute Gasteiger partial charge is 0.465 e. The number of nitrogens with zero attached hydrogens (tertiary/aromatic N) is 1. The zero-order valence-electron chi connectivity index (χ0n) is 13.6. The van der Waals surface area contributed by atoms with Crippen LogP contribution in [0.25, 0.3) is 0 Å². The fraction of sp³-hybridized carbons (Fsp3) is 0.235. The molecule has 0 atom stereocenters. The first kappa shape index (κ1) is 18.3. The zero-order valence-corrected chi connectivity index (χ0v) is 15.2. The Labute approximate surface area is 146 Å². The second kappa shape index (κ2) is 7.23. The summed E-state index contributed by atoms with van der Waals surface area (Å²) in [6.45, 7) is 3.73. The van der Waals surface area contributed by atoms with Crippen molar-refractivity contribution in [2.45, 2.75) is 18.7 Å². The first-order valence-corrected chi connectivity index (χ1v) is 9.10. The number of carbonyl (C=O) groups is 1. The monoisotopic (exact) mass is 367 g/mol. The van der Waals surface area contributed by atoms with Crippen LogP contribution in [-0.4, -0.2) is 28.0 Å². The van der Waals surface area contributed by atoms with Crippen LogP contribution < -0.4 is 4.31 Å². The van der Waals surface area contributed by atoms with E-state index in [1.54, 1.807) is 31.2 Å². The topological polar surface area (TPSA) is 63.7 Å². The average molecular weight is 368 g/mol. The van der Waals surface area contributed by atoms with Gasteiger partial charge >= 0.3 is 5.97 Å². The van der Waals surface area contributed by atoms with E-state index in [0.717, 1.165) is 5.56 Å². The second-order valence-corrected chi connectivity index (χ2v) is 7.43. The molecule has 0 fully saturated rings. The van der Waals surface area contributed by atoms with Gasteiger partial charge in [-0.2, -0.15) is 0 Å². The summed E-state index contributed by atoms with van der Waals surface area (Å²) in [5, 5.41) is 0.322. The van der Waals surface area contributed by atoms with E-state index in [1.165, 1.54) is 29.6 Å². The lowest BCUT2D eigenvalue weighted by Crippen LogP contribution is -2.32. The Hall–Kier alpha value is -2.05. The van der Waals surface area contributed by atoms with Crippen LogP contribution in [0.3, 0.4) is 0 Å². The number of carbonyl (C=O) groups excluding carboxylic acids is 1. The van der Waals surface area contributed by atoms with Gasteiger partial charge in [-0.15, -0.1) is 0 Å². The highest BCUT2D eigenvalue weighted by molar-refractivity contribution is 7.92. The van der Waals surface area contributed by atoms with Crippen LogP contribution in [0.5, 0.6) is 0 Å². The van der Waals surface area contributed by atoms with Crippen LogP contribution in [0.15, 0.2) is 47.4 Å². The molecule has 128 valence electrons. The third-order valence-electron chi connectivity index (χ3n) is 3.53. The van der Waals surface area contributed by atoms with Crippen LogP contribution >= 0.6 is 11.6 Å². The standard InChI is InChI=1S/C17H18ClNO4S/c1-4-19(24(21,22)14-8-5-12(2)6-9-14)16-10-7-13(18)11-15(16)17(20)23-3/h5-11H,4H2,1-3H3. The molecule has 5 nitrogen and oxygen atoms in total. The van der Waals surface area contributed by atoms with E-state index in [0.29, 0.717) is 5.02 Å². The van der Waals surface area contributed by atoms with Crippen molar-refractivity contribution in [3.05, 3.63) is 58.6 Å². The summed E-state index contributed by atoms with van der Waals surface area (Å²) in [5.74, 6) is -0.648. The quantitative estimate of drug-likeness (QED) is 0.757. The molecule has 24 heavy (non-hydrogen) atoms. The number of hydrogen-bond acceptors (Lipinski definition) is 4. The molecular weight excluding hydrogens is 350 g/mol. The van der Waals surface area contributed by atoms with Crippen LogP contribution in [0.4, 0.5) is 5.69 Å². The van der Waals surface area contributed by atoms with E-state index < -0.39 is 16.0 Å². The van der Waals surface area contributed by atoms with Crippen LogP contribution in [0.2, 0.25) is 5.02 Å². The lowest BCUT2D eigenvalue weighted by atomic mass is 10.2. The maximum Gasteiger partial charge on any atom is 0.340 e. The van der Waals surface area contributed by atoms with Crippen LogP contribution in [0.1, 0.15) is 22.8 Å². The maximum atomic E-state index is 13.0. The van der Waals surface area contributed by atoms with Gasteiger partial charge in [0.15, 0.2) is 0 Å². The van der Waals surface area contributed by atoms with Gasteiger partial charge in [-0.05, 0) is 44.2 Å². The minimum Gasteiger partial charge on any atom is -0.465 e. The number of aryl methyl sites for hydroxylation is 1. The normalized spacial score (nSPS) is 11.2. The van der Waals surface area contributed by atoms with E-state index in [1.807, 2.05) is 6.92 Å². The van der Waals surface area contributed by atoms with Crippen molar-refractivity contribution in [2.24, 2.45) is 0 Å². The summed E-state index contributed by atoms with van der Waals surface area (Å²) in [5.41, 5.74) is 1.29. The number of halogens is 1. The Morgan fingerprint density at radius 3 is 2.33 bits per heavy atom. The Morgan fingerprint density at radius 1 is 1.17 bits per heavy atom. The van der Waals surface area contributed by atoms with E-state index in [-0.39, 0.29) is 22.7 Å². The number of ether oxygens (including phenoxy) is 1. The van der Waals surface area contributed by atoms with Crippen molar-refractivity contribution in [3.63, 3.8) is 0 Å². The molecule has 0 spiro atoms. The molecule has 0 saturated carbocycles. The predicted octanol–water partition coefficient (Wildman–Crippen LogP) is 3.65. The van der Waals surface area contributed by atoms with Crippen LogP contribution in [0, 0.1) is 6.92 Å². The predicted molar refractivity (Wildman–Crippen MR) is 94.2 cm³/mol. The molecule has 0 unspecified atom stereocenters. The second-order valence-electron chi connectivity index (χ2n) is 5.14. The Morgan fingerprint density at radius 2 is 1.79 bits per heavy atom. The van der Waals surface area contributed by atoms with Crippen molar-refractivity contribution in [1.29, 1.82) is 0 Å². The van der Waals surface area contributed by atoms with Gasteiger partial charge in [-0.1, -0.05) is 29.3 Å². The van der Waals surface area contributed by atoms with Gasteiger partial charge in [0.25, 0.3) is 10.0 Å². The maximum absolute atomic E-state index is 13.0. The molecule has 0 radical (unpaired) electrons. The molecule has 2 rings (SSSR count). The minimum absolute atomic E-state index is 0.0996. The van der Waals surface area contributed by atoms with Crippen molar-refractivity contribution < 1.29 is 17.9 Å². The van der Waals surface area contributed by atoms with Gasteiger partial charge < -0.3 is 4.74 Å². The molecule has 2 aromatic carbocycles. The zero-order chi connectivity index (χ0) is 17.9. The van der Waals surface area contributed by atoms with Gasteiger partial charge in [0.05, 0.1) is 23.3 Å². The number of anilines is 1. The highest BCUT2D eigenvalue weighted by atomic mass is 35.5. The van der Waals surface area contributed by atoms with Crippen LogP contribution in [-0.2, 0) is 14.8 Å². The van der Waals surface area contributed by atoms with E-state index in [4.69, 9.17) is 16.3 Å². The van der Waals surface area contributed by atoms with Crippen molar-refractivity contribution in [2.75, 3.05) is 18.0 Å². The third-order valence-corrected chi connectivity index (χ3v) is 5.67. The minimum atomic E-state index is -3.82. The molecule has 2 aromatic rings. The van der Waals surface area contributed by atoms with E-state index in [9.17, 15) is 13.2 Å². The fourth-order valence-electron chi connectivity index (χ4n) is 2.31. The molecule has 0 aliphatic rings. The first-order chi connectivity index (χ1) is 11.3. The van der Waals surface area contributed by atoms with Gasteiger partial charge in [0.2, 0.25) is 0 Å². The number of sulfonamides is 1. The number of rotatable bonds is 5. The lowest BCUT2D eigenvalue weighted by molar-refractivity contribution is 0.0601. The molecule has 0 heterocycles. The van der Waals surface area contributed by atoms with Crippen molar-refractivity contribution >= 4 is 33.3 Å². The Kier molecular flexibility index (Phi) is 5.51. The van der Waals surface area contributed by atoms with E-state index in [2.05, 4.69) is 0 Å². The summed E-state index contributed by atoms with van der Waals surface area (Å²) in [7, 11) is -2.58. The molecule has 0 bridgehead atoms. The summed E-state index contributed by atoms with van der Waals surface area (Å²) in [6, 6.07) is 11.0. The van der Waals surface area contributed by atoms with Gasteiger partial charge in [-0.25, -0.2) is 13.2 Å². The van der Waals surface area contributed by atoms with Gasteiger partial charge in [-0.3, -0.25) is 4.31 Å². The van der Waals surface area contributed by atoms with E-state index >= 15 is 0 Å². The number of benzene rings is 2. The number of methoxy groups -OCH3 is 1. The molecule has 0 amide bonds. The fourth-order valence-corrected chi connectivity index (χ4v) is 3.97. The third kappa shape index (κ3) is 3.55. The SMILES string of the molecule is CCN(c1ccc(Cl)cc1C(=O)OC)S(=O)(=O)c1ccc(C)cc1. The molecular formula is C17H18ClNO4S. The molecule has 0 saturated heterocycles. The Balaban J connectivity index is 2.60. The smallest absolute Gasteiger partial charge is 0.340 e. The van der Waals surface area contributed by atoms with Crippen molar-refractivity contribution in [1.82, 2.24) is 0 Å². The molecule has 0 N–H and O–H groups in total. The molecule has 0 aliphatic carbocycles. The summed E-state index contributed by atoms with van der Waals surface area (Å²) >= 11 is 5.94. The summed E-state index contributed by atoms with van der Waals surface area (Å²) in [6.07, 6.45) is 0. The van der Waals surface area contributed by atoms with Gasteiger partial charge in [0, 0.05) is 11.6 Å². The summed E-state index contributed by atoms with van der Waals surface area (Å²) in [4.78, 5) is 12.2. The molecule has 0 aliphatic heterocycles. The highest BCUT2D eigenvalue weighted by Gasteiger charge is 2.27. The first-order valence-electron chi connectivity index (χ1n) is 7.28. The lowest BCUT2D eigenvalue weighted by Gasteiger charge is -2.25. The summed E-state index contributed by atoms with van der Waals surface area (Å²) < 4.78 is 31.8. The Bertz CT molecular complexity index is 847. The molecule has 7 heteroatoms. The number of hydrogen-bond donors (Lipinski definition) is 0. The average Bonchev–Trinajstić information content (AvgIpc) is 2.56.